The van der Waals surface area contributed by atoms with Crippen LogP contribution in [0.3, 0.4) is 0 Å². The molecule has 5 N–H and O–H groups in total. The number of amides is 1. The Labute approximate surface area is 217 Å². The monoisotopic (exact) mass is 501 g/mol. The molecule has 1 fully saturated rings. The second-order valence-corrected chi connectivity index (χ2v) is 9.67. The fourth-order valence-electron chi connectivity index (χ4n) is 4.55. The van der Waals surface area contributed by atoms with Crippen molar-refractivity contribution in [3.05, 3.63) is 74.7 Å². The van der Waals surface area contributed by atoms with Gasteiger partial charge in [0.25, 0.3) is 11.5 Å². The van der Waals surface area contributed by atoms with Crippen LogP contribution in [0.15, 0.2) is 41.2 Å². The molecule has 2 aromatic heterocycles. The average molecular weight is 502 g/mol. The predicted molar refractivity (Wildman–Crippen MR) is 149 cm³/mol. The number of benzene rings is 1. The van der Waals surface area contributed by atoms with E-state index in [1.807, 2.05) is 45.9 Å². The van der Waals surface area contributed by atoms with Gasteiger partial charge in [-0.15, -0.1) is 0 Å². The van der Waals surface area contributed by atoms with E-state index in [4.69, 9.17) is 10.4 Å². The number of rotatable bonds is 8. The molecule has 1 amide bonds. The molecule has 4 rings (SSSR count). The van der Waals surface area contributed by atoms with Crippen LogP contribution >= 0.6 is 0 Å². The van der Waals surface area contributed by atoms with Crippen LogP contribution in [-0.2, 0) is 6.54 Å². The lowest BCUT2D eigenvalue weighted by atomic mass is 10.0. The van der Waals surface area contributed by atoms with E-state index in [1.54, 1.807) is 6.07 Å². The number of carbonyl (C=O) groups is 1. The molecule has 3 aromatic rings. The van der Waals surface area contributed by atoms with Crippen molar-refractivity contribution >= 4 is 23.6 Å². The van der Waals surface area contributed by atoms with Gasteiger partial charge in [0.15, 0.2) is 0 Å². The van der Waals surface area contributed by atoms with E-state index in [9.17, 15) is 9.59 Å². The number of carbonyl (C=O) groups excluding carboxylic acids is 1. The number of nitrogens with one attached hydrogen (secondary N) is 5. The van der Waals surface area contributed by atoms with Crippen LogP contribution in [0, 0.1) is 19.3 Å². The second-order valence-electron chi connectivity index (χ2n) is 9.67. The summed E-state index contributed by atoms with van der Waals surface area (Å²) < 4.78 is 0. The summed E-state index contributed by atoms with van der Waals surface area (Å²) >= 11 is 0. The quantitative estimate of drug-likeness (QED) is 0.302. The lowest BCUT2D eigenvalue weighted by Gasteiger charge is -2.29. The van der Waals surface area contributed by atoms with E-state index < -0.39 is 0 Å². The molecule has 0 saturated carbocycles. The second kappa shape index (κ2) is 11.4. The van der Waals surface area contributed by atoms with Gasteiger partial charge in [0.05, 0.1) is 11.3 Å². The van der Waals surface area contributed by atoms with Crippen molar-refractivity contribution in [2.45, 2.75) is 40.3 Å². The Morgan fingerprint density at radius 1 is 1.16 bits per heavy atom. The van der Waals surface area contributed by atoms with Crippen LogP contribution < -0.4 is 26.4 Å². The van der Waals surface area contributed by atoms with Gasteiger partial charge in [-0.2, -0.15) is 0 Å². The van der Waals surface area contributed by atoms with E-state index in [0.29, 0.717) is 28.2 Å². The van der Waals surface area contributed by atoms with E-state index in [-0.39, 0.29) is 24.1 Å². The first-order chi connectivity index (χ1) is 17.8. The van der Waals surface area contributed by atoms with Crippen LogP contribution in [0.4, 0.5) is 11.5 Å². The summed E-state index contributed by atoms with van der Waals surface area (Å²) in [6.07, 6.45) is 1.15. The summed E-state index contributed by atoms with van der Waals surface area (Å²) in [4.78, 5) is 35.7. The maximum absolute atomic E-state index is 13.4. The molecule has 1 saturated heterocycles. The Morgan fingerprint density at radius 2 is 1.86 bits per heavy atom. The molecule has 0 aliphatic carbocycles. The van der Waals surface area contributed by atoms with Crippen LogP contribution in [0.2, 0.25) is 0 Å². The summed E-state index contributed by atoms with van der Waals surface area (Å²) in [6.45, 7) is 11.6. The highest BCUT2D eigenvalue weighted by Gasteiger charge is 2.19. The summed E-state index contributed by atoms with van der Waals surface area (Å²) in [6, 6.07) is 11.8. The summed E-state index contributed by atoms with van der Waals surface area (Å²) in [7, 11) is 0. The van der Waals surface area contributed by atoms with Crippen molar-refractivity contribution in [3.8, 4) is 11.3 Å². The molecule has 0 bridgehead atoms. The van der Waals surface area contributed by atoms with Gasteiger partial charge in [-0.25, -0.2) is 4.98 Å². The van der Waals surface area contributed by atoms with E-state index in [0.717, 1.165) is 54.9 Å². The molecule has 0 radical (unpaired) electrons. The van der Waals surface area contributed by atoms with Gasteiger partial charge in [0.2, 0.25) is 0 Å². The van der Waals surface area contributed by atoms with Crippen LogP contribution in [0.1, 0.15) is 46.6 Å². The Morgan fingerprint density at radius 3 is 2.49 bits per heavy atom. The van der Waals surface area contributed by atoms with Gasteiger partial charge in [-0.05, 0) is 57.5 Å². The Bertz CT molecular complexity index is 1340. The van der Waals surface area contributed by atoms with E-state index >= 15 is 0 Å². The number of nitrogens with zero attached hydrogens (tertiary/aromatic N) is 2. The predicted octanol–water partition coefficient (Wildman–Crippen LogP) is 3.21. The standard InChI is InChI=1S/C28H35N7O2/c1-17(2)32-26-23(15-29)22(27(36)31-16-24-18(3)13-19(4)33-28(24)37)14-25(34-26)20-5-7-21(8-6-20)35-11-9-30-10-12-35/h5-8,13-15,17,29-30H,9-12,16H2,1-4H3,(H,31,36)(H,32,34)(H,33,37). The Balaban J connectivity index is 1.67. The van der Waals surface area contributed by atoms with Crippen LogP contribution in [0.5, 0.6) is 0 Å². The van der Waals surface area contributed by atoms with E-state index in [1.165, 1.54) is 0 Å². The van der Waals surface area contributed by atoms with Crippen molar-refractivity contribution < 1.29 is 4.79 Å². The van der Waals surface area contributed by atoms with Crippen molar-refractivity contribution in [2.75, 3.05) is 36.4 Å². The van der Waals surface area contributed by atoms with Crippen molar-refractivity contribution in [3.63, 3.8) is 0 Å². The van der Waals surface area contributed by atoms with Gasteiger partial charge in [-0.3, -0.25) is 9.59 Å². The number of anilines is 2. The largest absolute Gasteiger partial charge is 0.369 e. The topological polar surface area (TPSA) is 126 Å². The SMILES string of the molecule is Cc1cc(C)c(CNC(=O)c2cc(-c3ccc(N4CCNCC4)cc3)nc(NC(C)C)c2C=N)c(=O)[nH]1. The van der Waals surface area contributed by atoms with Crippen molar-refractivity contribution in [1.82, 2.24) is 20.6 Å². The minimum atomic E-state index is -0.370. The molecule has 0 spiro atoms. The fraction of sp³-hybridized carbons (Fsp3) is 0.357. The molecule has 9 nitrogen and oxygen atoms in total. The maximum atomic E-state index is 13.4. The maximum Gasteiger partial charge on any atom is 0.253 e. The fourth-order valence-corrected chi connectivity index (χ4v) is 4.55. The number of piperazine rings is 1. The third-order valence-electron chi connectivity index (χ3n) is 6.44. The molecule has 1 aliphatic rings. The molecule has 0 atom stereocenters. The van der Waals surface area contributed by atoms with Gasteiger partial charge < -0.3 is 31.2 Å². The van der Waals surface area contributed by atoms with Gasteiger partial charge >= 0.3 is 0 Å². The molecule has 1 aromatic carbocycles. The Hall–Kier alpha value is -3.98. The third-order valence-corrected chi connectivity index (χ3v) is 6.44. The molecule has 9 heteroatoms. The number of H-pyrrole nitrogens is 1. The first-order valence-corrected chi connectivity index (χ1v) is 12.6. The molecule has 194 valence electrons. The van der Waals surface area contributed by atoms with Gasteiger partial charge in [0.1, 0.15) is 5.82 Å². The smallest absolute Gasteiger partial charge is 0.253 e. The van der Waals surface area contributed by atoms with Gasteiger partial charge in [-0.1, -0.05) is 12.1 Å². The average Bonchev–Trinajstić information content (AvgIpc) is 2.87. The zero-order valence-corrected chi connectivity index (χ0v) is 21.9. The number of pyridine rings is 2. The molecule has 1 aliphatic heterocycles. The van der Waals surface area contributed by atoms with Crippen molar-refractivity contribution in [2.24, 2.45) is 0 Å². The Kier molecular flexibility index (Phi) is 8.03. The zero-order chi connectivity index (χ0) is 26.5. The number of aryl methyl sites for hydroxylation is 2. The highest BCUT2D eigenvalue weighted by Crippen LogP contribution is 2.27. The molecule has 3 heterocycles. The van der Waals surface area contributed by atoms with E-state index in [2.05, 4.69) is 38.0 Å². The first-order valence-electron chi connectivity index (χ1n) is 12.6. The number of hydrogen-bond acceptors (Lipinski definition) is 7. The van der Waals surface area contributed by atoms with Crippen LogP contribution in [-0.4, -0.2) is 54.3 Å². The highest BCUT2D eigenvalue weighted by molar-refractivity contribution is 6.05. The van der Waals surface area contributed by atoms with Crippen LogP contribution in [0.25, 0.3) is 11.3 Å². The third kappa shape index (κ3) is 6.06. The lowest BCUT2D eigenvalue weighted by molar-refractivity contribution is 0.0950. The molecular formula is C28H35N7O2. The minimum Gasteiger partial charge on any atom is -0.369 e. The lowest BCUT2D eigenvalue weighted by Crippen LogP contribution is -2.43. The first kappa shape index (κ1) is 26.1. The molecular weight excluding hydrogens is 466 g/mol. The highest BCUT2D eigenvalue weighted by atomic mass is 16.1. The van der Waals surface area contributed by atoms with Gasteiger partial charge in [0, 0.05) is 73.1 Å². The number of aromatic nitrogens is 2. The summed E-state index contributed by atoms with van der Waals surface area (Å²) in [5.74, 6) is 0.106. The summed E-state index contributed by atoms with van der Waals surface area (Å²) in [5, 5.41) is 17.5. The normalized spacial score (nSPS) is 13.5. The number of aromatic amines is 1. The van der Waals surface area contributed by atoms with Crippen molar-refractivity contribution in [1.29, 1.82) is 5.41 Å². The molecule has 37 heavy (non-hydrogen) atoms. The minimum absolute atomic E-state index is 0.0567. The summed E-state index contributed by atoms with van der Waals surface area (Å²) in [5.41, 5.74) is 5.28. The number of hydrogen-bond donors (Lipinski definition) is 5. The zero-order valence-electron chi connectivity index (χ0n) is 21.9. The molecule has 0 unspecified atom stereocenters.